The van der Waals surface area contributed by atoms with Gasteiger partial charge in [0.15, 0.2) is 6.29 Å². The summed E-state index contributed by atoms with van der Waals surface area (Å²) in [6, 6.07) is 5.31. The van der Waals surface area contributed by atoms with Crippen LogP contribution in [0, 0.1) is 0 Å². The summed E-state index contributed by atoms with van der Waals surface area (Å²) in [5, 5.41) is 0. The quantitative estimate of drug-likeness (QED) is 0.814. The van der Waals surface area contributed by atoms with E-state index in [1.54, 1.807) is 24.7 Å². The molecule has 0 amide bonds. The van der Waals surface area contributed by atoms with Crippen LogP contribution in [0.5, 0.6) is 5.75 Å². The zero-order valence-corrected chi connectivity index (χ0v) is 10.8. The Bertz CT molecular complexity index is 537. The number of benzene rings is 1. The fraction of sp³-hybridized carbons (Fsp3) is 0.167. The fourth-order valence-corrected chi connectivity index (χ4v) is 1.72. The van der Waals surface area contributed by atoms with Gasteiger partial charge in [-0.2, -0.15) is 0 Å². The molecule has 1 aromatic carbocycles. The van der Waals surface area contributed by atoms with E-state index in [1.807, 2.05) is 17.7 Å². The lowest BCUT2D eigenvalue weighted by Gasteiger charge is -2.07. The second kappa shape index (κ2) is 5.14. The molecule has 0 aliphatic rings. The topological polar surface area (TPSA) is 44.1 Å². The predicted molar refractivity (Wildman–Crippen MR) is 67.1 cm³/mol. The monoisotopic (exact) mass is 294 g/mol. The lowest BCUT2D eigenvalue weighted by atomic mass is 10.2. The first-order valence-corrected chi connectivity index (χ1v) is 5.82. The van der Waals surface area contributed by atoms with Crippen LogP contribution in [0.2, 0.25) is 0 Å². The van der Waals surface area contributed by atoms with Gasteiger partial charge in [-0.05, 0) is 18.2 Å². The normalized spacial score (nSPS) is 10.2. The smallest absolute Gasteiger partial charge is 0.151 e. The number of hydrogen-bond donors (Lipinski definition) is 0. The van der Waals surface area contributed by atoms with Crippen molar-refractivity contribution in [1.29, 1.82) is 0 Å². The van der Waals surface area contributed by atoms with Crippen LogP contribution >= 0.6 is 15.9 Å². The minimum absolute atomic E-state index is 0.427. The Hall–Kier alpha value is -1.62. The number of hydrogen-bond acceptors (Lipinski definition) is 3. The highest BCUT2D eigenvalue weighted by atomic mass is 79.9. The molecule has 2 rings (SSSR count). The van der Waals surface area contributed by atoms with Crippen LogP contribution in [0.15, 0.2) is 35.2 Å². The molecule has 0 aliphatic heterocycles. The molecule has 0 aliphatic carbocycles. The lowest BCUT2D eigenvalue weighted by Crippen LogP contribution is -2.01. The molecule has 0 bridgehead atoms. The Morgan fingerprint density at radius 3 is 3.00 bits per heavy atom. The molecule has 0 saturated heterocycles. The maximum atomic E-state index is 10.8. The Morgan fingerprint density at radius 1 is 1.53 bits per heavy atom. The van der Waals surface area contributed by atoms with Gasteiger partial charge in [0.05, 0.1) is 18.2 Å². The summed E-state index contributed by atoms with van der Waals surface area (Å²) in [4.78, 5) is 14.8. The van der Waals surface area contributed by atoms with E-state index in [0.29, 0.717) is 17.9 Å². The Morgan fingerprint density at radius 2 is 2.35 bits per heavy atom. The molecule has 5 heteroatoms. The van der Waals surface area contributed by atoms with E-state index in [4.69, 9.17) is 4.74 Å². The van der Waals surface area contributed by atoms with Gasteiger partial charge in [0.25, 0.3) is 0 Å². The number of halogens is 1. The zero-order chi connectivity index (χ0) is 12.3. The van der Waals surface area contributed by atoms with Crippen LogP contribution in [-0.2, 0) is 13.7 Å². The Kier molecular flexibility index (Phi) is 3.58. The van der Waals surface area contributed by atoms with Crippen LogP contribution in [0.1, 0.15) is 16.1 Å². The van der Waals surface area contributed by atoms with E-state index in [1.165, 1.54) is 0 Å². The van der Waals surface area contributed by atoms with Crippen molar-refractivity contribution in [1.82, 2.24) is 9.55 Å². The first-order valence-electron chi connectivity index (χ1n) is 5.03. The molecule has 0 unspecified atom stereocenters. The van der Waals surface area contributed by atoms with Crippen molar-refractivity contribution in [2.45, 2.75) is 6.61 Å². The summed E-state index contributed by atoms with van der Waals surface area (Å²) >= 11 is 3.29. The average Bonchev–Trinajstić information content (AvgIpc) is 2.74. The molecule has 88 valence electrons. The third kappa shape index (κ3) is 2.74. The third-order valence-corrected chi connectivity index (χ3v) is 3.12. The molecule has 2 aromatic rings. The average molecular weight is 295 g/mol. The number of carbonyl (C=O) groups excluding carboxylic acids is 1. The molecular weight excluding hydrogens is 284 g/mol. The van der Waals surface area contributed by atoms with Crippen molar-refractivity contribution in [3.63, 3.8) is 0 Å². The van der Waals surface area contributed by atoms with Gasteiger partial charge in [0, 0.05) is 17.1 Å². The minimum Gasteiger partial charge on any atom is -0.487 e. The largest absolute Gasteiger partial charge is 0.487 e. The highest BCUT2D eigenvalue weighted by Gasteiger charge is 2.03. The van der Waals surface area contributed by atoms with Gasteiger partial charge in [-0.25, -0.2) is 4.98 Å². The number of ether oxygens (including phenoxy) is 1. The Balaban J connectivity index is 2.09. The van der Waals surface area contributed by atoms with Crippen LogP contribution in [0.3, 0.4) is 0 Å². The molecule has 0 N–H and O–H groups in total. The molecule has 4 nitrogen and oxygen atoms in total. The molecule has 0 saturated carbocycles. The molecule has 0 atom stereocenters. The van der Waals surface area contributed by atoms with Crippen molar-refractivity contribution >= 4 is 22.2 Å². The van der Waals surface area contributed by atoms with E-state index in [-0.39, 0.29) is 0 Å². The lowest BCUT2D eigenvalue weighted by molar-refractivity contribution is 0.112. The summed E-state index contributed by atoms with van der Waals surface area (Å²) < 4.78 is 8.24. The number of imidazole rings is 1. The second-order valence-corrected chi connectivity index (χ2v) is 4.44. The molecular formula is C12H11BrN2O2. The fourth-order valence-electron chi connectivity index (χ4n) is 1.38. The summed E-state index contributed by atoms with van der Waals surface area (Å²) in [7, 11) is 1.91. The van der Waals surface area contributed by atoms with Crippen molar-refractivity contribution in [3.05, 3.63) is 46.5 Å². The van der Waals surface area contributed by atoms with Crippen LogP contribution < -0.4 is 4.74 Å². The van der Waals surface area contributed by atoms with E-state index >= 15 is 0 Å². The maximum Gasteiger partial charge on any atom is 0.151 e. The number of rotatable bonds is 4. The summed E-state index contributed by atoms with van der Waals surface area (Å²) in [5.74, 6) is 0.663. The minimum atomic E-state index is 0.427. The van der Waals surface area contributed by atoms with Gasteiger partial charge < -0.3 is 9.30 Å². The van der Waals surface area contributed by atoms with Crippen molar-refractivity contribution < 1.29 is 9.53 Å². The number of carbonyl (C=O) groups is 1. The molecule has 1 heterocycles. The first-order chi connectivity index (χ1) is 8.20. The molecule has 0 spiro atoms. The van der Waals surface area contributed by atoms with E-state index < -0.39 is 0 Å². The molecule has 0 radical (unpaired) electrons. The van der Waals surface area contributed by atoms with Crippen molar-refractivity contribution in [2.75, 3.05) is 0 Å². The Labute approximate surface area is 107 Å². The summed E-state index contributed by atoms with van der Waals surface area (Å²) in [6.45, 7) is 0.427. The van der Waals surface area contributed by atoms with Crippen LogP contribution in [-0.4, -0.2) is 15.8 Å². The highest BCUT2D eigenvalue weighted by molar-refractivity contribution is 9.10. The van der Waals surface area contributed by atoms with Gasteiger partial charge in [-0.3, -0.25) is 4.79 Å². The number of aryl methyl sites for hydroxylation is 1. The van der Waals surface area contributed by atoms with Gasteiger partial charge in [-0.1, -0.05) is 15.9 Å². The second-order valence-electron chi connectivity index (χ2n) is 3.59. The summed E-state index contributed by atoms with van der Waals surface area (Å²) in [5.41, 5.74) is 1.55. The third-order valence-electron chi connectivity index (χ3n) is 2.40. The van der Waals surface area contributed by atoms with Gasteiger partial charge in [0.1, 0.15) is 12.4 Å². The van der Waals surface area contributed by atoms with Gasteiger partial charge >= 0.3 is 0 Å². The highest BCUT2D eigenvalue weighted by Crippen LogP contribution is 2.21. The maximum absolute atomic E-state index is 10.8. The molecule has 1 aromatic heterocycles. The van der Waals surface area contributed by atoms with E-state index in [0.717, 1.165) is 16.5 Å². The zero-order valence-electron chi connectivity index (χ0n) is 9.26. The van der Waals surface area contributed by atoms with Gasteiger partial charge in [0.2, 0.25) is 0 Å². The number of aromatic nitrogens is 2. The van der Waals surface area contributed by atoms with Crippen LogP contribution in [0.25, 0.3) is 0 Å². The standard InChI is InChI=1S/C12H11BrN2O2/c1-15-8-14-5-10(15)7-17-11-2-3-12(13)9(4-11)6-16/h2-6,8H,7H2,1H3. The van der Waals surface area contributed by atoms with Crippen LogP contribution in [0.4, 0.5) is 0 Å². The SMILES string of the molecule is Cn1cncc1COc1ccc(Br)c(C=O)c1. The number of nitrogens with zero attached hydrogens (tertiary/aromatic N) is 2. The summed E-state index contributed by atoms with van der Waals surface area (Å²) in [6.07, 6.45) is 4.26. The van der Waals surface area contributed by atoms with Crippen molar-refractivity contribution in [2.24, 2.45) is 7.05 Å². The first kappa shape index (κ1) is 11.9. The van der Waals surface area contributed by atoms with E-state index in [9.17, 15) is 4.79 Å². The predicted octanol–water partition coefficient (Wildman–Crippen LogP) is 2.57. The number of aldehydes is 1. The van der Waals surface area contributed by atoms with E-state index in [2.05, 4.69) is 20.9 Å². The molecule has 17 heavy (non-hydrogen) atoms. The molecule has 0 fully saturated rings. The van der Waals surface area contributed by atoms with Gasteiger partial charge in [-0.15, -0.1) is 0 Å². The van der Waals surface area contributed by atoms with Crippen molar-refractivity contribution in [3.8, 4) is 5.75 Å².